The summed E-state index contributed by atoms with van der Waals surface area (Å²) in [6.07, 6.45) is 0. The number of aromatic nitrogens is 2. The highest BCUT2D eigenvalue weighted by Crippen LogP contribution is 2.22. The van der Waals surface area contributed by atoms with E-state index in [2.05, 4.69) is 5.10 Å². The predicted molar refractivity (Wildman–Crippen MR) is 108 cm³/mol. The lowest BCUT2D eigenvalue weighted by molar-refractivity contribution is 0.0733. The minimum Gasteiger partial charge on any atom is -0.497 e. The molecule has 150 valence electrons. The van der Waals surface area contributed by atoms with Gasteiger partial charge in [0.05, 0.1) is 13.2 Å². The Hall–Kier alpha value is -3.48. The van der Waals surface area contributed by atoms with Crippen LogP contribution in [0, 0.1) is 12.7 Å². The van der Waals surface area contributed by atoms with E-state index in [-0.39, 0.29) is 17.4 Å². The van der Waals surface area contributed by atoms with Crippen molar-refractivity contribution in [1.82, 2.24) is 14.7 Å². The number of hydrogen-bond acceptors (Lipinski definition) is 4. The molecule has 1 heterocycles. The summed E-state index contributed by atoms with van der Waals surface area (Å²) in [4.78, 5) is 26.9. The third kappa shape index (κ3) is 4.03. The van der Waals surface area contributed by atoms with Gasteiger partial charge in [0.1, 0.15) is 17.3 Å². The molecule has 1 atom stereocenters. The van der Waals surface area contributed by atoms with E-state index < -0.39 is 17.2 Å². The number of carbonyl (C=O) groups is 1. The Bertz CT molecular complexity index is 1090. The van der Waals surface area contributed by atoms with Gasteiger partial charge in [-0.25, -0.2) is 9.07 Å². The minimum absolute atomic E-state index is 0.171. The molecule has 29 heavy (non-hydrogen) atoms. The number of hydrogen-bond donors (Lipinski definition) is 0. The summed E-state index contributed by atoms with van der Waals surface area (Å²) in [7, 11) is 3.18. The molecule has 0 aliphatic rings. The van der Waals surface area contributed by atoms with E-state index in [1.165, 1.54) is 27.8 Å². The minimum atomic E-state index is -0.539. The molecule has 0 fully saturated rings. The molecule has 0 N–H and O–H groups in total. The van der Waals surface area contributed by atoms with E-state index in [1.807, 2.05) is 19.1 Å². The second-order valence-corrected chi connectivity index (χ2v) is 6.73. The van der Waals surface area contributed by atoms with Crippen molar-refractivity contribution in [2.75, 3.05) is 14.2 Å². The molecule has 6 nitrogen and oxygen atoms in total. The molecule has 0 saturated carbocycles. The van der Waals surface area contributed by atoms with Crippen LogP contribution in [0.25, 0.3) is 5.69 Å². The van der Waals surface area contributed by atoms with E-state index in [9.17, 15) is 14.0 Å². The van der Waals surface area contributed by atoms with Gasteiger partial charge in [-0.1, -0.05) is 24.3 Å². The van der Waals surface area contributed by atoms with Crippen molar-refractivity contribution in [2.24, 2.45) is 0 Å². The van der Waals surface area contributed by atoms with Crippen LogP contribution >= 0.6 is 0 Å². The molecule has 0 saturated heterocycles. The summed E-state index contributed by atoms with van der Waals surface area (Å²) >= 11 is 0. The molecule has 7 heteroatoms. The zero-order chi connectivity index (χ0) is 21.1. The van der Waals surface area contributed by atoms with Crippen LogP contribution in [-0.4, -0.2) is 34.7 Å². The maximum Gasteiger partial charge on any atom is 0.278 e. The number of para-hydroxylation sites is 1. The topological polar surface area (TPSA) is 64.4 Å². The Labute approximate surface area is 168 Å². The highest BCUT2D eigenvalue weighted by atomic mass is 19.1. The number of benzene rings is 2. The Balaban J connectivity index is 1.96. The van der Waals surface area contributed by atoms with Crippen molar-refractivity contribution in [1.29, 1.82) is 0 Å². The van der Waals surface area contributed by atoms with Crippen LogP contribution in [0.2, 0.25) is 0 Å². The van der Waals surface area contributed by atoms with Crippen molar-refractivity contribution in [3.8, 4) is 11.4 Å². The molecule has 0 radical (unpaired) electrons. The molecule has 1 unspecified atom stereocenters. The summed E-state index contributed by atoms with van der Waals surface area (Å²) < 4.78 is 20.6. The van der Waals surface area contributed by atoms with Gasteiger partial charge < -0.3 is 9.64 Å². The number of methoxy groups -OCH3 is 1. The van der Waals surface area contributed by atoms with Crippen LogP contribution in [0.5, 0.6) is 5.75 Å². The number of carbonyl (C=O) groups excluding carboxylic acids is 1. The van der Waals surface area contributed by atoms with Crippen LogP contribution in [0.1, 0.15) is 34.7 Å². The second-order valence-electron chi connectivity index (χ2n) is 6.73. The van der Waals surface area contributed by atoms with Gasteiger partial charge >= 0.3 is 0 Å². The van der Waals surface area contributed by atoms with Crippen molar-refractivity contribution in [3.63, 3.8) is 0 Å². The summed E-state index contributed by atoms with van der Waals surface area (Å²) in [5, 5.41) is 4.18. The van der Waals surface area contributed by atoms with Gasteiger partial charge in [-0.3, -0.25) is 9.59 Å². The Morgan fingerprint density at radius 1 is 1.17 bits per heavy atom. The Morgan fingerprint density at radius 3 is 2.45 bits per heavy atom. The Kier molecular flexibility index (Phi) is 5.77. The first kappa shape index (κ1) is 20.3. The maximum absolute atomic E-state index is 14.2. The zero-order valence-corrected chi connectivity index (χ0v) is 16.7. The largest absolute Gasteiger partial charge is 0.497 e. The normalized spacial score (nSPS) is 11.8. The molecule has 0 spiro atoms. The number of aryl methyl sites for hydroxylation is 1. The molecule has 2 aromatic carbocycles. The summed E-state index contributed by atoms with van der Waals surface area (Å²) in [6.45, 7) is 3.49. The highest BCUT2D eigenvalue weighted by Gasteiger charge is 2.24. The number of ether oxygens (including phenoxy) is 1. The first-order valence-corrected chi connectivity index (χ1v) is 9.10. The molecular formula is C22H22FN3O3. The first-order chi connectivity index (χ1) is 13.8. The van der Waals surface area contributed by atoms with E-state index in [1.54, 1.807) is 45.3 Å². The number of halogens is 1. The number of rotatable bonds is 5. The monoisotopic (exact) mass is 395 g/mol. The summed E-state index contributed by atoms with van der Waals surface area (Å²) in [5.74, 6) is -0.323. The maximum atomic E-state index is 14.2. The van der Waals surface area contributed by atoms with Gasteiger partial charge in [0, 0.05) is 18.8 Å². The first-order valence-electron chi connectivity index (χ1n) is 9.10. The fourth-order valence-corrected chi connectivity index (χ4v) is 3.01. The van der Waals surface area contributed by atoms with Gasteiger partial charge in [0.15, 0.2) is 5.69 Å². The quantitative estimate of drug-likeness (QED) is 0.663. The highest BCUT2D eigenvalue weighted by molar-refractivity contribution is 5.92. The van der Waals surface area contributed by atoms with Crippen molar-refractivity contribution >= 4 is 5.91 Å². The van der Waals surface area contributed by atoms with Crippen LogP contribution in [-0.2, 0) is 0 Å². The van der Waals surface area contributed by atoms with Gasteiger partial charge in [0.25, 0.3) is 5.91 Å². The zero-order valence-electron chi connectivity index (χ0n) is 16.7. The van der Waals surface area contributed by atoms with E-state index in [0.29, 0.717) is 11.4 Å². The van der Waals surface area contributed by atoms with Crippen LogP contribution in [0.15, 0.2) is 59.4 Å². The molecule has 0 bridgehead atoms. The van der Waals surface area contributed by atoms with E-state index in [4.69, 9.17) is 4.74 Å². The molecule has 0 aliphatic carbocycles. The van der Waals surface area contributed by atoms with Gasteiger partial charge in [-0.15, -0.1) is 0 Å². The standard InChI is InChI=1S/C22H22FN3O3/c1-14-13-20(27)21(24-26(14)19-8-6-5-7-18(19)23)22(28)25(3)15(2)16-9-11-17(29-4)12-10-16/h5-13,15H,1-4H3. The fourth-order valence-electron chi connectivity index (χ4n) is 3.01. The molecule has 1 amide bonds. The lowest BCUT2D eigenvalue weighted by Gasteiger charge is -2.25. The molecule has 1 aromatic heterocycles. The predicted octanol–water partition coefficient (Wildman–Crippen LogP) is 3.52. The lowest BCUT2D eigenvalue weighted by Crippen LogP contribution is -2.35. The fraction of sp³-hybridized carbons (Fsp3) is 0.227. The lowest BCUT2D eigenvalue weighted by atomic mass is 10.1. The Morgan fingerprint density at radius 2 is 1.83 bits per heavy atom. The van der Waals surface area contributed by atoms with Gasteiger partial charge in [0.2, 0.25) is 5.43 Å². The van der Waals surface area contributed by atoms with Crippen LogP contribution < -0.4 is 10.2 Å². The average molecular weight is 395 g/mol. The average Bonchev–Trinajstić information content (AvgIpc) is 2.73. The van der Waals surface area contributed by atoms with Crippen molar-refractivity contribution in [2.45, 2.75) is 19.9 Å². The molecular weight excluding hydrogens is 373 g/mol. The van der Waals surface area contributed by atoms with E-state index in [0.717, 1.165) is 5.56 Å². The summed E-state index contributed by atoms with van der Waals surface area (Å²) in [6, 6.07) is 14.4. The summed E-state index contributed by atoms with van der Waals surface area (Å²) in [5.41, 5.74) is 0.714. The molecule has 3 aromatic rings. The second kappa shape index (κ2) is 8.26. The number of amides is 1. The third-order valence-electron chi connectivity index (χ3n) is 4.89. The van der Waals surface area contributed by atoms with Crippen LogP contribution in [0.4, 0.5) is 4.39 Å². The van der Waals surface area contributed by atoms with Crippen LogP contribution in [0.3, 0.4) is 0 Å². The van der Waals surface area contributed by atoms with Gasteiger partial charge in [-0.05, 0) is 43.7 Å². The molecule has 0 aliphatic heterocycles. The van der Waals surface area contributed by atoms with E-state index >= 15 is 0 Å². The number of nitrogens with zero attached hydrogens (tertiary/aromatic N) is 3. The van der Waals surface area contributed by atoms with Crippen molar-refractivity contribution < 1.29 is 13.9 Å². The SMILES string of the molecule is COc1ccc(C(C)N(C)C(=O)c2nn(-c3ccccc3F)c(C)cc2=O)cc1. The van der Waals surface area contributed by atoms with Gasteiger partial charge in [-0.2, -0.15) is 5.10 Å². The third-order valence-corrected chi connectivity index (χ3v) is 4.89. The van der Waals surface area contributed by atoms with Crippen molar-refractivity contribution in [3.05, 3.63) is 87.6 Å². The smallest absolute Gasteiger partial charge is 0.278 e. The molecule has 3 rings (SSSR count).